The molecule has 0 bridgehead atoms. The summed E-state index contributed by atoms with van der Waals surface area (Å²) in [7, 11) is 1.51. The van der Waals surface area contributed by atoms with Crippen LogP contribution in [0, 0.1) is 5.82 Å². The predicted octanol–water partition coefficient (Wildman–Crippen LogP) is 2.57. The fourth-order valence-electron chi connectivity index (χ4n) is 0.718. The van der Waals surface area contributed by atoms with Crippen molar-refractivity contribution in [1.82, 2.24) is 0 Å². The van der Waals surface area contributed by atoms with E-state index in [0.29, 0.717) is 10.2 Å². The Hall–Kier alpha value is -0.610. The van der Waals surface area contributed by atoms with Crippen LogP contribution in [0.1, 0.15) is 0 Å². The fourth-order valence-corrected chi connectivity index (χ4v) is 1.10. The Bertz CT molecular complexity index is 265. The van der Waals surface area contributed by atoms with Crippen molar-refractivity contribution < 1.29 is 13.9 Å². The molecule has 0 aliphatic rings. The first-order chi connectivity index (χ1) is 5.75. The second-order valence-corrected chi connectivity index (χ2v) is 2.90. The van der Waals surface area contributed by atoms with E-state index in [4.69, 9.17) is 4.74 Å². The first-order valence-electron chi connectivity index (χ1n) is 3.31. The van der Waals surface area contributed by atoms with Crippen LogP contribution in [0.4, 0.5) is 4.39 Å². The molecule has 1 rings (SSSR count). The van der Waals surface area contributed by atoms with Crippen LogP contribution in [0.3, 0.4) is 0 Å². The molecule has 0 radical (unpaired) electrons. The van der Waals surface area contributed by atoms with E-state index in [-0.39, 0.29) is 12.6 Å². The van der Waals surface area contributed by atoms with Gasteiger partial charge in [-0.25, -0.2) is 4.39 Å². The van der Waals surface area contributed by atoms with E-state index in [0.717, 1.165) is 0 Å². The maximum absolute atomic E-state index is 12.8. The van der Waals surface area contributed by atoms with Gasteiger partial charge >= 0.3 is 0 Å². The molecule has 0 aliphatic carbocycles. The standard InChI is InChI=1S/C8H8BrFO2/c1-11-5-12-7-4-2-3-6(10)8(7)9/h2-4H,5H2,1H3. The molecule has 1 aromatic rings. The Balaban J connectivity index is 2.78. The SMILES string of the molecule is COCOc1cccc(F)c1Br. The van der Waals surface area contributed by atoms with Crippen molar-refractivity contribution in [2.45, 2.75) is 0 Å². The molecule has 2 nitrogen and oxygen atoms in total. The highest BCUT2D eigenvalue weighted by Gasteiger charge is 2.04. The molecular formula is C8H8BrFO2. The molecule has 4 heteroatoms. The smallest absolute Gasteiger partial charge is 0.188 e. The molecule has 0 heterocycles. The van der Waals surface area contributed by atoms with Gasteiger partial charge in [-0.05, 0) is 28.1 Å². The van der Waals surface area contributed by atoms with E-state index in [2.05, 4.69) is 20.7 Å². The Morgan fingerprint density at radius 3 is 2.92 bits per heavy atom. The van der Waals surface area contributed by atoms with Crippen LogP contribution in [0.5, 0.6) is 5.75 Å². The summed E-state index contributed by atoms with van der Waals surface area (Å²) in [6.45, 7) is 0.113. The Labute approximate surface area is 78.4 Å². The quantitative estimate of drug-likeness (QED) is 0.749. The van der Waals surface area contributed by atoms with Crippen molar-refractivity contribution in [3.05, 3.63) is 28.5 Å². The number of ether oxygens (including phenoxy) is 2. The maximum Gasteiger partial charge on any atom is 0.188 e. The summed E-state index contributed by atoms with van der Waals surface area (Å²) in [5, 5.41) is 0. The minimum absolute atomic E-state index is 0.113. The highest BCUT2D eigenvalue weighted by Crippen LogP contribution is 2.27. The zero-order chi connectivity index (χ0) is 8.97. The van der Waals surface area contributed by atoms with Crippen LogP contribution in [0.25, 0.3) is 0 Å². The molecule has 0 aromatic heterocycles. The summed E-state index contributed by atoms with van der Waals surface area (Å²) < 4.78 is 22.9. The molecule has 0 saturated carbocycles. The molecule has 12 heavy (non-hydrogen) atoms. The third-order valence-corrected chi connectivity index (χ3v) is 2.02. The highest BCUT2D eigenvalue weighted by molar-refractivity contribution is 9.10. The van der Waals surface area contributed by atoms with Crippen molar-refractivity contribution in [3.63, 3.8) is 0 Å². The average Bonchev–Trinajstić information content (AvgIpc) is 2.08. The molecule has 0 atom stereocenters. The maximum atomic E-state index is 12.8. The average molecular weight is 235 g/mol. The van der Waals surface area contributed by atoms with E-state index < -0.39 is 0 Å². The van der Waals surface area contributed by atoms with E-state index in [1.54, 1.807) is 12.1 Å². The minimum Gasteiger partial charge on any atom is -0.466 e. The van der Waals surface area contributed by atoms with Crippen LogP contribution in [0.2, 0.25) is 0 Å². The van der Waals surface area contributed by atoms with Gasteiger partial charge in [-0.15, -0.1) is 0 Å². The molecular weight excluding hydrogens is 227 g/mol. The fraction of sp³-hybridized carbons (Fsp3) is 0.250. The largest absolute Gasteiger partial charge is 0.466 e. The van der Waals surface area contributed by atoms with Crippen molar-refractivity contribution >= 4 is 15.9 Å². The van der Waals surface area contributed by atoms with E-state index in [1.807, 2.05) is 0 Å². The Kier molecular flexibility index (Phi) is 3.49. The van der Waals surface area contributed by atoms with Gasteiger partial charge in [0, 0.05) is 7.11 Å². The molecule has 0 saturated heterocycles. The molecule has 66 valence electrons. The van der Waals surface area contributed by atoms with Gasteiger partial charge in [0.25, 0.3) is 0 Å². The lowest BCUT2D eigenvalue weighted by Crippen LogP contribution is -1.99. The lowest BCUT2D eigenvalue weighted by molar-refractivity contribution is 0.0503. The van der Waals surface area contributed by atoms with Crippen LogP contribution in [-0.2, 0) is 4.74 Å². The van der Waals surface area contributed by atoms with Crippen LogP contribution >= 0.6 is 15.9 Å². The number of halogens is 2. The number of hydrogen-bond donors (Lipinski definition) is 0. The van der Waals surface area contributed by atoms with E-state index in [9.17, 15) is 4.39 Å². The second kappa shape index (κ2) is 4.42. The Morgan fingerprint density at radius 1 is 1.50 bits per heavy atom. The Morgan fingerprint density at radius 2 is 2.25 bits per heavy atom. The van der Waals surface area contributed by atoms with Gasteiger partial charge in [0.15, 0.2) is 6.79 Å². The van der Waals surface area contributed by atoms with Crippen LogP contribution in [-0.4, -0.2) is 13.9 Å². The number of methoxy groups -OCH3 is 1. The van der Waals surface area contributed by atoms with E-state index in [1.165, 1.54) is 13.2 Å². The topological polar surface area (TPSA) is 18.5 Å². The lowest BCUT2D eigenvalue weighted by atomic mass is 10.3. The van der Waals surface area contributed by atoms with Crippen LogP contribution < -0.4 is 4.74 Å². The summed E-state index contributed by atoms with van der Waals surface area (Å²) in [6.07, 6.45) is 0. The summed E-state index contributed by atoms with van der Waals surface area (Å²) in [5.74, 6) is 0.0976. The normalized spacial score (nSPS) is 9.92. The van der Waals surface area contributed by atoms with Gasteiger partial charge in [-0.3, -0.25) is 0 Å². The predicted molar refractivity (Wildman–Crippen MR) is 46.6 cm³/mol. The van der Waals surface area contributed by atoms with Gasteiger partial charge in [0.2, 0.25) is 0 Å². The van der Waals surface area contributed by atoms with Gasteiger partial charge < -0.3 is 9.47 Å². The molecule has 0 N–H and O–H groups in total. The van der Waals surface area contributed by atoms with Crippen molar-refractivity contribution in [2.75, 3.05) is 13.9 Å². The summed E-state index contributed by atoms with van der Waals surface area (Å²) in [4.78, 5) is 0. The van der Waals surface area contributed by atoms with Gasteiger partial charge in [0.05, 0.1) is 4.47 Å². The number of rotatable bonds is 3. The monoisotopic (exact) mass is 234 g/mol. The van der Waals surface area contributed by atoms with Gasteiger partial charge in [-0.1, -0.05) is 6.07 Å². The summed E-state index contributed by atoms with van der Waals surface area (Å²) in [6, 6.07) is 4.58. The first-order valence-corrected chi connectivity index (χ1v) is 4.10. The summed E-state index contributed by atoms with van der Waals surface area (Å²) in [5.41, 5.74) is 0. The number of benzene rings is 1. The zero-order valence-corrected chi connectivity index (χ0v) is 8.10. The lowest BCUT2D eigenvalue weighted by Gasteiger charge is -2.06. The van der Waals surface area contributed by atoms with Crippen LogP contribution in [0.15, 0.2) is 22.7 Å². The highest BCUT2D eigenvalue weighted by atomic mass is 79.9. The summed E-state index contributed by atoms with van der Waals surface area (Å²) >= 11 is 3.05. The van der Waals surface area contributed by atoms with Crippen molar-refractivity contribution in [1.29, 1.82) is 0 Å². The minimum atomic E-state index is -0.344. The van der Waals surface area contributed by atoms with Crippen molar-refractivity contribution in [2.24, 2.45) is 0 Å². The molecule has 0 spiro atoms. The second-order valence-electron chi connectivity index (χ2n) is 2.10. The van der Waals surface area contributed by atoms with E-state index >= 15 is 0 Å². The molecule has 0 unspecified atom stereocenters. The molecule has 1 aromatic carbocycles. The zero-order valence-electron chi connectivity index (χ0n) is 6.51. The third kappa shape index (κ3) is 2.19. The van der Waals surface area contributed by atoms with Gasteiger partial charge in [-0.2, -0.15) is 0 Å². The van der Waals surface area contributed by atoms with Gasteiger partial charge in [0.1, 0.15) is 11.6 Å². The third-order valence-electron chi connectivity index (χ3n) is 1.25. The number of hydrogen-bond acceptors (Lipinski definition) is 2. The molecule has 0 fully saturated rings. The molecule has 0 aliphatic heterocycles. The first kappa shape index (κ1) is 9.48. The molecule has 0 amide bonds. The van der Waals surface area contributed by atoms with Crippen molar-refractivity contribution in [3.8, 4) is 5.75 Å².